The van der Waals surface area contributed by atoms with Gasteiger partial charge >= 0.3 is 6.03 Å². The summed E-state index contributed by atoms with van der Waals surface area (Å²) in [5.74, 6) is 0.816. The molecule has 0 fully saturated rings. The maximum atomic E-state index is 11.6. The van der Waals surface area contributed by atoms with E-state index in [0.717, 1.165) is 31.6 Å². The largest absolute Gasteiger partial charge is 0.354 e. The summed E-state index contributed by atoms with van der Waals surface area (Å²) >= 11 is 0. The molecule has 0 radical (unpaired) electrons. The third-order valence-electron chi connectivity index (χ3n) is 2.96. The van der Waals surface area contributed by atoms with Crippen LogP contribution >= 0.6 is 0 Å². The third-order valence-corrected chi connectivity index (χ3v) is 2.96. The molecule has 0 aromatic rings. The van der Waals surface area contributed by atoms with Crippen LogP contribution in [0.4, 0.5) is 4.79 Å². The average Bonchev–Trinajstić information content (AvgIpc) is 2.27. The molecule has 0 aliphatic rings. The first kappa shape index (κ1) is 17.7. The summed E-state index contributed by atoms with van der Waals surface area (Å²) in [6.45, 7) is 7.01. The molecule has 1 unspecified atom stereocenters. The Bertz CT molecular complexity index is 267. The highest BCUT2D eigenvalue weighted by Crippen LogP contribution is 2.08. The van der Waals surface area contributed by atoms with Gasteiger partial charge in [-0.1, -0.05) is 26.7 Å². The fourth-order valence-corrected chi connectivity index (χ4v) is 1.87. The summed E-state index contributed by atoms with van der Waals surface area (Å²) in [4.78, 5) is 22.0. The summed E-state index contributed by atoms with van der Waals surface area (Å²) < 4.78 is 0. The average molecular weight is 271 g/mol. The monoisotopic (exact) mass is 271 g/mol. The molecule has 0 aliphatic carbocycles. The molecule has 0 saturated heterocycles. The van der Waals surface area contributed by atoms with E-state index in [1.54, 1.807) is 0 Å². The predicted octanol–water partition coefficient (Wildman–Crippen LogP) is 2.16. The van der Waals surface area contributed by atoms with E-state index >= 15 is 0 Å². The van der Waals surface area contributed by atoms with Crippen molar-refractivity contribution in [2.24, 2.45) is 11.7 Å². The number of nitrogens with one attached hydrogen (secondary N) is 2. The molecule has 0 rings (SSSR count). The summed E-state index contributed by atoms with van der Waals surface area (Å²) in [5.41, 5.74) is 4.94. The van der Waals surface area contributed by atoms with E-state index in [-0.39, 0.29) is 11.9 Å². The Morgan fingerprint density at radius 3 is 2.32 bits per heavy atom. The minimum absolute atomic E-state index is 0.0936. The molecule has 0 spiro atoms. The lowest BCUT2D eigenvalue weighted by molar-refractivity contribution is -0.121. The molecular weight excluding hydrogens is 242 g/mol. The Balaban J connectivity index is 3.48. The number of primary amides is 1. The zero-order valence-corrected chi connectivity index (χ0v) is 12.5. The van der Waals surface area contributed by atoms with Crippen LogP contribution < -0.4 is 16.4 Å². The second-order valence-electron chi connectivity index (χ2n) is 5.54. The number of rotatable bonds is 10. The zero-order chi connectivity index (χ0) is 14.7. The topological polar surface area (TPSA) is 84.2 Å². The lowest BCUT2D eigenvalue weighted by Gasteiger charge is -2.14. The van der Waals surface area contributed by atoms with Gasteiger partial charge in [-0.05, 0) is 32.1 Å². The number of nitrogens with two attached hydrogens (primary N) is 1. The van der Waals surface area contributed by atoms with Crippen LogP contribution in [0.3, 0.4) is 0 Å². The van der Waals surface area contributed by atoms with Crippen molar-refractivity contribution < 1.29 is 9.59 Å². The molecule has 0 heterocycles. The molecule has 19 heavy (non-hydrogen) atoms. The smallest absolute Gasteiger partial charge is 0.312 e. The van der Waals surface area contributed by atoms with Crippen LogP contribution in [0.5, 0.6) is 0 Å². The van der Waals surface area contributed by atoms with Crippen molar-refractivity contribution >= 4 is 11.9 Å². The van der Waals surface area contributed by atoms with Crippen LogP contribution in [-0.2, 0) is 4.79 Å². The number of unbranched alkanes of at least 4 members (excludes halogenated alkanes) is 1. The first-order valence-corrected chi connectivity index (χ1v) is 7.24. The van der Waals surface area contributed by atoms with Crippen LogP contribution in [0.2, 0.25) is 0 Å². The van der Waals surface area contributed by atoms with Gasteiger partial charge < -0.3 is 16.4 Å². The van der Waals surface area contributed by atoms with Gasteiger partial charge in [0, 0.05) is 19.0 Å². The van der Waals surface area contributed by atoms with Gasteiger partial charge in [0.05, 0.1) is 0 Å². The molecule has 4 N–H and O–H groups in total. The SMILES string of the molecule is CC(C)CCCC(C)NC(=O)CCCCNC(N)=O. The maximum absolute atomic E-state index is 11.6. The maximum Gasteiger partial charge on any atom is 0.312 e. The van der Waals surface area contributed by atoms with E-state index < -0.39 is 6.03 Å². The van der Waals surface area contributed by atoms with Crippen molar-refractivity contribution in [1.82, 2.24) is 10.6 Å². The number of urea groups is 1. The summed E-state index contributed by atoms with van der Waals surface area (Å²) in [5, 5.41) is 5.51. The fourth-order valence-electron chi connectivity index (χ4n) is 1.87. The van der Waals surface area contributed by atoms with E-state index in [2.05, 4.69) is 24.5 Å². The Morgan fingerprint density at radius 2 is 1.74 bits per heavy atom. The van der Waals surface area contributed by atoms with Gasteiger partial charge in [-0.25, -0.2) is 4.79 Å². The number of hydrogen-bond donors (Lipinski definition) is 3. The van der Waals surface area contributed by atoms with Crippen LogP contribution in [0.15, 0.2) is 0 Å². The van der Waals surface area contributed by atoms with Gasteiger partial charge in [0.1, 0.15) is 0 Å². The van der Waals surface area contributed by atoms with Crippen molar-refractivity contribution in [2.45, 2.75) is 65.3 Å². The third kappa shape index (κ3) is 13.0. The first-order chi connectivity index (χ1) is 8.91. The van der Waals surface area contributed by atoms with E-state index in [0.29, 0.717) is 13.0 Å². The molecule has 1 atom stereocenters. The Labute approximate surface area is 116 Å². The molecule has 5 heteroatoms. The van der Waals surface area contributed by atoms with E-state index in [1.807, 2.05) is 6.92 Å². The number of carbonyl (C=O) groups excluding carboxylic acids is 2. The number of amides is 3. The van der Waals surface area contributed by atoms with E-state index in [9.17, 15) is 9.59 Å². The molecule has 0 saturated carbocycles. The molecule has 3 amide bonds. The predicted molar refractivity (Wildman–Crippen MR) is 77.7 cm³/mol. The minimum atomic E-state index is -0.511. The molecule has 5 nitrogen and oxygen atoms in total. The Morgan fingerprint density at radius 1 is 1.05 bits per heavy atom. The van der Waals surface area contributed by atoms with Gasteiger partial charge in [0.2, 0.25) is 5.91 Å². The number of carbonyl (C=O) groups is 2. The molecule has 0 bridgehead atoms. The van der Waals surface area contributed by atoms with Crippen LogP contribution in [0.1, 0.15) is 59.3 Å². The van der Waals surface area contributed by atoms with Gasteiger partial charge in [-0.2, -0.15) is 0 Å². The summed E-state index contributed by atoms with van der Waals surface area (Å²) in [7, 11) is 0. The first-order valence-electron chi connectivity index (χ1n) is 7.24. The van der Waals surface area contributed by atoms with Crippen LogP contribution in [-0.4, -0.2) is 24.5 Å². The van der Waals surface area contributed by atoms with Gasteiger partial charge in [0.15, 0.2) is 0 Å². The molecule has 0 aromatic heterocycles. The molecule has 0 aliphatic heterocycles. The van der Waals surface area contributed by atoms with Gasteiger partial charge in [0.25, 0.3) is 0 Å². The van der Waals surface area contributed by atoms with Crippen LogP contribution in [0, 0.1) is 5.92 Å². The van der Waals surface area contributed by atoms with Crippen molar-refractivity contribution in [3.8, 4) is 0 Å². The highest BCUT2D eigenvalue weighted by atomic mass is 16.2. The van der Waals surface area contributed by atoms with Crippen molar-refractivity contribution in [1.29, 1.82) is 0 Å². The van der Waals surface area contributed by atoms with Gasteiger partial charge in [-0.15, -0.1) is 0 Å². The molecule has 112 valence electrons. The molecular formula is C14H29N3O2. The van der Waals surface area contributed by atoms with Crippen molar-refractivity contribution in [3.05, 3.63) is 0 Å². The normalized spacial score (nSPS) is 12.2. The lowest BCUT2D eigenvalue weighted by Crippen LogP contribution is -2.33. The molecule has 0 aromatic carbocycles. The van der Waals surface area contributed by atoms with Crippen molar-refractivity contribution in [3.63, 3.8) is 0 Å². The second-order valence-corrected chi connectivity index (χ2v) is 5.54. The Hall–Kier alpha value is -1.26. The summed E-state index contributed by atoms with van der Waals surface area (Å²) in [6, 6.07) is -0.266. The highest BCUT2D eigenvalue weighted by Gasteiger charge is 2.07. The standard InChI is InChI=1S/C14H29N3O2/c1-11(2)7-6-8-12(3)17-13(18)9-4-5-10-16-14(15)19/h11-12H,4-10H2,1-3H3,(H,17,18)(H3,15,16,19). The quantitative estimate of drug-likeness (QED) is 0.532. The van der Waals surface area contributed by atoms with Crippen molar-refractivity contribution in [2.75, 3.05) is 6.54 Å². The summed E-state index contributed by atoms with van der Waals surface area (Å²) in [6.07, 6.45) is 5.45. The van der Waals surface area contributed by atoms with E-state index in [1.165, 1.54) is 6.42 Å². The second kappa shape index (κ2) is 10.6. The van der Waals surface area contributed by atoms with Crippen LogP contribution in [0.25, 0.3) is 0 Å². The highest BCUT2D eigenvalue weighted by molar-refractivity contribution is 5.76. The fraction of sp³-hybridized carbons (Fsp3) is 0.857. The lowest BCUT2D eigenvalue weighted by atomic mass is 10.0. The number of hydrogen-bond acceptors (Lipinski definition) is 2. The Kier molecular flexibility index (Phi) is 9.94. The zero-order valence-electron chi connectivity index (χ0n) is 12.5. The van der Waals surface area contributed by atoms with Gasteiger partial charge in [-0.3, -0.25) is 4.79 Å². The minimum Gasteiger partial charge on any atom is -0.354 e. The van der Waals surface area contributed by atoms with E-state index in [4.69, 9.17) is 5.73 Å².